The quantitative estimate of drug-likeness (QED) is 0.534. The van der Waals surface area contributed by atoms with Gasteiger partial charge in [0, 0.05) is 12.1 Å². The largest absolute Gasteiger partial charge is 0.481 e. The molecule has 116 valence electrons. The SMILES string of the molecule is CC(CCC(=O)O)(C(=O)O)N1C(=O)c2cccc(N)c2C1=O. The molecule has 0 spiro atoms. The number of nitrogen functional groups attached to an aromatic ring is 1. The Hall–Kier alpha value is -2.90. The Morgan fingerprint density at radius 3 is 2.36 bits per heavy atom. The molecule has 0 saturated heterocycles. The molecule has 1 aliphatic rings. The average Bonchev–Trinajstić information content (AvgIpc) is 2.69. The van der Waals surface area contributed by atoms with E-state index in [2.05, 4.69) is 0 Å². The molecule has 1 unspecified atom stereocenters. The smallest absolute Gasteiger partial charge is 0.329 e. The van der Waals surface area contributed by atoms with Gasteiger partial charge in [-0.25, -0.2) is 4.79 Å². The van der Waals surface area contributed by atoms with Crippen LogP contribution in [0.25, 0.3) is 0 Å². The first kappa shape index (κ1) is 15.5. The monoisotopic (exact) mass is 306 g/mol. The van der Waals surface area contributed by atoms with Crippen molar-refractivity contribution >= 4 is 29.4 Å². The van der Waals surface area contributed by atoms with Crippen molar-refractivity contribution in [1.82, 2.24) is 4.90 Å². The van der Waals surface area contributed by atoms with Gasteiger partial charge >= 0.3 is 11.9 Å². The molecule has 2 amide bonds. The third-order valence-electron chi connectivity index (χ3n) is 3.73. The molecule has 1 aliphatic heterocycles. The second-order valence-electron chi connectivity index (χ2n) is 5.19. The van der Waals surface area contributed by atoms with Crippen LogP contribution in [-0.2, 0) is 9.59 Å². The summed E-state index contributed by atoms with van der Waals surface area (Å²) in [7, 11) is 0. The Labute approximate surface area is 125 Å². The molecule has 1 aromatic carbocycles. The molecule has 0 fully saturated rings. The highest BCUT2D eigenvalue weighted by atomic mass is 16.4. The van der Waals surface area contributed by atoms with Gasteiger partial charge in [0.25, 0.3) is 11.8 Å². The highest BCUT2D eigenvalue weighted by Crippen LogP contribution is 2.34. The third kappa shape index (κ3) is 2.18. The van der Waals surface area contributed by atoms with Crippen LogP contribution in [-0.4, -0.2) is 44.4 Å². The molecule has 0 radical (unpaired) electrons. The zero-order valence-electron chi connectivity index (χ0n) is 11.7. The van der Waals surface area contributed by atoms with E-state index in [0.29, 0.717) is 4.90 Å². The molecule has 22 heavy (non-hydrogen) atoms. The van der Waals surface area contributed by atoms with Crippen LogP contribution in [0.5, 0.6) is 0 Å². The van der Waals surface area contributed by atoms with E-state index < -0.39 is 42.1 Å². The number of anilines is 1. The van der Waals surface area contributed by atoms with Gasteiger partial charge in [0.15, 0.2) is 0 Å². The molecular weight excluding hydrogens is 292 g/mol. The first-order valence-corrected chi connectivity index (χ1v) is 6.42. The van der Waals surface area contributed by atoms with Gasteiger partial charge in [-0.1, -0.05) is 6.07 Å². The zero-order valence-corrected chi connectivity index (χ0v) is 11.7. The van der Waals surface area contributed by atoms with Gasteiger partial charge in [0.2, 0.25) is 0 Å². The molecule has 0 aromatic heterocycles. The number of aliphatic carboxylic acids is 2. The Kier molecular flexibility index (Phi) is 3.62. The van der Waals surface area contributed by atoms with E-state index in [0.717, 1.165) is 6.92 Å². The van der Waals surface area contributed by atoms with Crippen molar-refractivity contribution in [2.45, 2.75) is 25.3 Å². The Morgan fingerprint density at radius 2 is 1.86 bits per heavy atom. The number of nitrogens with two attached hydrogens (primary N) is 1. The van der Waals surface area contributed by atoms with E-state index >= 15 is 0 Å². The van der Waals surface area contributed by atoms with Crippen molar-refractivity contribution in [2.75, 3.05) is 5.73 Å². The number of carbonyl (C=O) groups excluding carboxylic acids is 2. The molecular formula is C14H14N2O6. The molecule has 1 aromatic rings. The summed E-state index contributed by atoms with van der Waals surface area (Å²) < 4.78 is 0. The fourth-order valence-electron chi connectivity index (χ4n) is 2.42. The van der Waals surface area contributed by atoms with E-state index in [9.17, 15) is 24.3 Å². The highest BCUT2D eigenvalue weighted by Gasteiger charge is 2.51. The van der Waals surface area contributed by atoms with Crippen LogP contribution in [0.4, 0.5) is 5.69 Å². The van der Waals surface area contributed by atoms with Crippen molar-refractivity contribution < 1.29 is 29.4 Å². The van der Waals surface area contributed by atoms with Crippen molar-refractivity contribution in [3.05, 3.63) is 29.3 Å². The predicted octanol–water partition coefficient (Wildman–Crippen LogP) is 0.573. The number of carboxylic acid groups (broad SMARTS) is 2. The maximum atomic E-state index is 12.4. The molecule has 8 nitrogen and oxygen atoms in total. The molecule has 8 heteroatoms. The second kappa shape index (κ2) is 5.14. The predicted molar refractivity (Wildman–Crippen MR) is 74.3 cm³/mol. The summed E-state index contributed by atoms with van der Waals surface area (Å²) >= 11 is 0. The summed E-state index contributed by atoms with van der Waals surface area (Å²) in [5, 5.41) is 18.2. The lowest BCUT2D eigenvalue weighted by Gasteiger charge is -2.32. The van der Waals surface area contributed by atoms with Crippen LogP contribution in [0.1, 0.15) is 40.5 Å². The maximum Gasteiger partial charge on any atom is 0.329 e. The molecule has 0 saturated carbocycles. The standard InChI is InChI=1S/C14H14N2O6/c1-14(13(21)22,6-5-9(17)18)16-11(19)7-3-2-4-8(15)10(7)12(16)20/h2-4H,5-6,15H2,1H3,(H,17,18)(H,21,22). The minimum Gasteiger partial charge on any atom is -0.481 e. The minimum atomic E-state index is -1.96. The minimum absolute atomic E-state index is 0.0211. The third-order valence-corrected chi connectivity index (χ3v) is 3.73. The molecule has 0 bridgehead atoms. The lowest BCUT2D eigenvalue weighted by Crippen LogP contribution is -2.55. The summed E-state index contributed by atoms with van der Waals surface area (Å²) in [5.41, 5.74) is 3.78. The van der Waals surface area contributed by atoms with Crippen LogP contribution in [0.15, 0.2) is 18.2 Å². The van der Waals surface area contributed by atoms with Gasteiger partial charge in [-0.05, 0) is 25.5 Å². The van der Waals surface area contributed by atoms with E-state index in [1.54, 1.807) is 0 Å². The van der Waals surface area contributed by atoms with Crippen molar-refractivity contribution in [3.8, 4) is 0 Å². The van der Waals surface area contributed by atoms with Gasteiger partial charge in [-0.3, -0.25) is 19.3 Å². The first-order chi connectivity index (χ1) is 10.2. The summed E-state index contributed by atoms with van der Waals surface area (Å²) in [6.07, 6.45) is -0.894. The number of hydrogen-bond acceptors (Lipinski definition) is 5. The first-order valence-electron chi connectivity index (χ1n) is 6.42. The number of carbonyl (C=O) groups is 4. The average molecular weight is 306 g/mol. The number of benzene rings is 1. The molecule has 1 atom stereocenters. The van der Waals surface area contributed by atoms with E-state index in [-0.39, 0.29) is 16.8 Å². The number of rotatable bonds is 5. The molecule has 1 heterocycles. The van der Waals surface area contributed by atoms with E-state index in [4.69, 9.17) is 10.8 Å². The number of hydrogen-bond donors (Lipinski definition) is 3. The fraction of sp³-hybridized carbons (Fsp3) is 0.286. The second-order valence-corrected chi connectivity index (χ2v) is 5.19. The topological polar surface area (TPSA) is 138 Å². The van der Waals surface area contributed by atoms with Crippen LogP contribution >= 0.6 is 0 Å². The normalized spacial score (nSPS) is 16.3. The molecule has 0 aliphatic carbocycles. The van der Waals surface area contributed by atoms with Crippen LogP contribution in [0, 0.1) is 0 Å². The fourth-order valence-corrected chi connectivity index (χ4v) is 2.42. The number of fused-ring (bicyclic) bond motifs is 1. The summed E-state index contributed by atoms with van der Waals surface area (Å²) in [4.78, 5) is 47.7. The van der Waals surface area contributed by atoms with Gasteiger partial charge in [0.05, 0.1) is 11.1 Å². The van der Waals surface area contributed by atoms with Crippen molar-refractivity contribution in [2.24, 2.45) is 0 Å². The number of imide groups is 1. The van der Waals surface area contributed by atoms with Gasteiger partial charge < -0.3 is 15.9 Å². The van der Waals surface area contributed by atoms with Crippen LogP contribution in [0.3, 0.4) is 0 Å². The number of carboxylic acids is 2. The summed E-state index contributed by atoms with van der Waals surface area (Å²) in [6.45, 7) is 1.15. The molecule has 2 rings (SSSR count). The van der Waals surface area contributed by atoms with Gasteiger partial charge in [-0.15, -0.1) is 0 Å². The van der Waals surface area contributed by atoms with Crippen LogP contribution in [0.2, 0.25) is 0 Å². The lowest BCUT2D eigenvalue weighted by molar-refractivity contribution is -0.148. The van der Waals surface area contributed by atoms with E-state index in [1.165, 1.54) is 18.2 Å². The van der Waals surface area contributed by atoms with E-state index in [1.807, 2.05) is 0 Å². The lowest BCUT2D eigenvalue weighted by atomic mass is 9.93. The van der Waals surface area contributed by atoms with Gasteiger partial charge in [-0.2, -0.15) is 0 Å². The van der Waals surface area contributed by atoms with Crippen molar-refractivity contribution in [1.29, 1.82) is 0 Å². The Bertz CT molecular complexity index is 699. The summed E-state index contributed by atoms with van der Waals surface area (Å²) in [6, 6.07) is 4.30. The Balaban J connectivity index is 2.50. The maximum absolute atomic E-state index is 12.4. The summed E-state index contributed by atoms with van der Waals surface area (Å²) in [5.74, 6) is -4.29. The number of amides is 2. The zero-order chi connectivity index (χ0) is 16.7. The van der Waals surface area contributed by atoms with Crippen LogP contribution < -0.4 is 5.73 Å². The number of nitrogens with zero attached hydrogens (tertiary/aromatic N) is 1. The Morgan fingerprint density at radius 1 is 1.23 bits per heavy atom. The van der Waals surface area contributed by atoms with Crippen molar-refractivity contribution in [3.63, 3.8) is 0 Å². The highest BCUT2D eigenvalue weighted by molar-refractivity contribution is 6.25. The van der Waals surface area contributed by atoms with Gasteiger partial charge in [0.1, 0.15) is 5.54 Å². The molecule has 4 N–H and O–H groups in total.